The zero-order valence-electron chi connectivity index (χ0n) is 12.3. The molecule has 0 spiro atoms. The Balaban J connectivity index is 2.28. The Morgan fingerprint density at radius 1 is 1.48 bits per heavy atom. The predicted octanol–water partition coefficient (Wildman–Crippen LogP) is 1.09. The summed E-state index contributed by atoms with van der Waals surface area (Å²) in [5.41, 5.74) is 7.18. The first-order valence-corrected chi connectivity index (χ1v) is 8.17. The molecular weight excluding hydrogens is 290 g/mol. The minimum Gasteiger partial charge on any atom is -0.496 e. The lowest BCUT2D eigenvalue weighted by molar-refractivity contribution is 0.415. The lowest BCUT2D eigenvalue weighted by atomic mass is 10.1. The van der Waals surface area contributed by atoms with E-state index in [1.807, 2.05) is 6.92 Å². The van der Waals surface area contributed by atoms with Crippen molar-refractivity contribution in [2.45, 2.75) is 25.1 Å². The molecule has 0 radical (unpaired) electrons. The summed E-state index contributed by atoms with van der Waals surface area (Å²) in [4.78, 5) is 0. The van der Waals surface area contributed by atoms with Gasteiger partial charge in [0.1, 0.15) is 5.75 Å². The number of tetrazole rings is 1. The van der Waals surface area contributed by atoms with Crippen molar-refractivity contribution < 1.29 is 8.95 Å². The number of benzene rings is 1. The van der Waals surface area contributed by atoms with Gasteiger partial charge in [-0.3, -0.25) is 4.21 Å². The van der Waals surface area contributed by atoms with Crippen LogP contribution >= 0.6 is 0 Å². The van der Waals surface area contributed by atoms with Crippen molar-refractivity contribution in [3.8, 4) is 17.1 Å². The second kappa shape index (κ2) is 6.66. The van der Waals surface area contributed by atoms with Crippen LogP contribution < -0.4 is 10.5 Å². The number of anilines is 1. The number of nitrogens with zero attached hydrogens (tertiary/aromatic N) is 4. The highest BCUT2D eigenvalue weighted by Gasteiger charge is 2.15. The molecule has 114 valence electrons. The molecule has 0 aliphatic rings. The van der Waals surface area contributed by atoms with Crippen LogP contribution in [0.4, 0.5) is 5.69 Å². The van der Waals surface area contributed by atoms with Crippen molar-refractivity contribution in [3.63, 3.8) is 0 Å². The fourth-order valence-electron chi connectivity index (χ4n) is 1.92. The lowest BCUT2D eigenvalue weighted by Gasteiger charge is -2.11. The van der Waals surface area contributed by atoms with Gasteiger partial charge in [-0.2, -0.15) is 0 Å². The van der Waals surface area contributed by atoms with E-state index in [1.165, 1.54) is 0 Å². The fraction of sp³-hybridized carbons (Fsp3) is 0.462. The highest BCUT2D eigenvalue weighted by Crippen LogP contribution is 2.30. The molecule has 1 aromatic heterocycles. The first-order chi connectivity index (χ1) is 10.0. The Labute approximate surface area is 125 Å². The van der Waals surface area contributed by atoms with Gasteiger partial charge in [-0.05, 0) is 35.0 Å². The lowest BCUT2D eigenvalue weighted by Crippen LogP contribution is -2.14. The quantitative estimate of drug-likeness (QED) is 0.802. The first-order valence-electron chi connectivity index (χ1n) is 6.55. The van der Waals surface area contributed by atoms with E-state index in [4.69, 9.17) is 10.5 Å². The van der Waals surface area contributed by atoms with Crippen LogP contribution in [0.25, 0.3) is 11.4 Å². The third kappa shape index (κ3) is 3.57. The number of methoxy groups -OCH3 is 1. The van der Waals surface area contributed by atoms with E-state index in [1.54, 1.807) is 36.2 Å². The number of aromatic nitrogens is 4. The molecule has 2 rings (SSSR count). The molecule has 7 nitrogen and oxygen atoms in total. The Morgan fingerprint density at radius 2 is 2.24 bits per heavy atom. The summed E-state index contributed by atoms with van der Waals surface area (Å²) in [5, 5.41) is 11.8. The summed E-state index contributed by atoms with van der Waals surface area (Å²) in [5.74, 6) is 1.25. The van der Waals surface area contributed by atoms with Crippen LogP contribution in [-0.4, -0.2) is 43.0 Å². The van der Waals surface area contributed by atoms with E-state index in [0.29, 0.717) is 23.8 Å². The molecular formula is C13H19N5O2S. The van der Waals surface area contributed by atoms with Crippen LogP contribution in [0.2, 0.25) is 0 Å². The van der Waals surface area contributed by atoms with Gasteiger partial charge in [0.25, 0.3) is 0 Å². The minimum absolute atomic E-state index is 0.0878. The van der Waals surface area contributed by atoms with E-state index < -0.39 is 10.8 Å². The number of rotatable bonds is 6. The SMILES string of the molecule is COc1ccc(N)cc1-c1nnnn1CCC(C)S(C)=O. The van der Waals surface area contributed by atoms with Crippen molar-refractivity contribution in [1.82, 2.24) is 20.2 Å². The molecule has 0 saturated carbocycles. The van der Waals surface area contributed by atoms with Crippen LogP contribution in [0.15, 0.2) is 18.2 Å². The highest BCUT2D eigenvalue weighted by atomic mass is 32.2. The molecule has 1 aromatic carbocycles. The maximum Gasteiger partial charge on any atom is 0.185 e. The van der Waals surface area contributed by atoms with E-state index in [2.05, 4.69) is 15.5 Å². The first kappa shape index (κ1) is 15.4. The standard InChI is InChI=1S/C13H19N5O2S/c1-9(21(3)19)6-7-18-13(15-16-17-18)11-8-10(14)4-5-12(11)20-2/h4-5,8-9H,6-7,14H2,1-3H3. The zero-order valence-corrected chi connectivity index (χ0v) is 13.1. The fourth-order valence-corrected chi connectivity index (χ4v) is 2.36. The summed E-state index contributed by atoms with van der Waals surface area (Å²) >= 11 is 0. The van der Waals surface area contributed by atoms with Crippen molar-refractivity contribution in [2.75, 3.05) is 19.1 Å². The highest BCUT2D eigenvalue weighted by molar-refractivity contribution is 7.84. The Kier molecular flexibility index (Phi) is 4.89. The Morgan fingerprint density at radius 3 is 2.90 bits per heavy atom. The van der Waals surface area contributed by atoms with Gasteiger partial charge in [0.2, 0.25) is 0 Å². The maximum atomic E-state index is 11.4. The number of hydrogen-bond acceptors (Lipinski definition) is 6. The van der Waals surface area contributed by atoms with E-state index in [9.17, 15) is 4.21 Å². The zero-order chi connectivity index (χ0) is 15.4. The number of nitrogen functional groups attached to an aromatic ring is 1. The molecule has 21 heavy (non-hydrogen) atoms. The van der Waals surface area contributed by atoms with Gasteiger partial charge in [0, 0.05) is 34.5 Å². The number of aryl methyl sites for hydroxylation is 1. The molecule has 0 saturated heterocycles. The summed E-state index contributed by atoms with van der Waals surface area (Å²) < 4.78 is 18.4. The third-order valence-electron chi connectivity index (χ3n) is 3.31. The molecule has 0 bridgehead atoms. The van der Waals surface area contributed by atoms with Gasteiger partial charge in [0.15, 0.2) is 5.82 Å². The topological polar surface area (TPSA) is 95.9 Å². The molecule has 1 heterocycles. The molecule has 0 aliphatic carbocycles. The average molecular weight is 309 g/mol. The largest absolute Gasteiger partial charge is 0.496 e. The summed E-state index contributed by atoms with van der Waals surface area (Å²) in [6, 6.07) is 5.33. The predicted molar refractivity (Wildman–Crippen MR) is 82.4 cm³/mol. The van der Waals surface area contributed by atoms with Crippen LogP contribution in [0.1, 0.15) is 13.3 Å². The molecule has 2 aromatic rings. The van der Waals surface area contributed by atoms with Crippen molar-refractivity contribution in [2.24, 2.45) is 0 Å². The van der Waals surface area contributed by atoms with Gasteiger partial charge in [0.05, 0.1) is 12.7 Å². The summed E-state index contributed by atoms with van der Waals surface area (Å²) in [7, 11) is 0.730. The van der Waals surface area contributed by atoms with Crippen LogP contribution in [-0.2, 0) is 17.3 Å². The molecule has 8 heteroatoms. The van der Waals surface area contributed by atoms with Gasteiger partial charge in [-0.1, -0.05) is 6.92 Å². The minimum atomic E-state index is -0.859. The normalized spacial score (nSPS) is 13.9. The number of ether oxygens (including phenoxy) is 1. The Bertz CT molecular complexity index is 643. The molecule has 0 aliphatic heterocycles. The van der Waals surface area contributed by atoms with E-state index in [0.717, 1.165) is 12.0 Å². The third-order valence-corrected chi connectivity index (χ3v) is 4.68. The second-order valence-electron chi connectivity index (χ2n) is 4.78. The van der Waals surface area contributed by atoms with Gasteiger partial charge >= 0.3 is 0 Å². The van der Waals surface area contributed by atoms with Gasteiger partial charge < -0.3 is 10.5 Å². The number of nitrogens with two attached hydrogens (primary N) is 1. The van der Waals surface area contributed by atoms with Crippen molar-refractivity contribution in [1.29, 1.82) is 0 Å². The molecule has 2 N–H and O–H groups in total. The molecule has 0 amide bonds. The molecule has 2 atom stereocenters. The van der Waals surface area contributed by atoms with Crippen LogP contribution in [0.5, 0.6) is 5.75 Å². The summed E-state index contributed by atoms with van der Waals surface area (Å²) in [6.07, 6.45) is 2.43. The van der Waals surface area contributed by atoms with Crippen LogP contribution in [0.3, 0.4) is 0 Å². The number of hydrogen-bond donors (Lipinski definition) is 1. The smallest absolute Gasteiger partial charge is 0.185 e. The van der Waals surface area contributed by atoms with Crippen molar-refractivity contribution >= 4 is 16.5 Å². The average Bonchev–Trinajstić information content (AvgIpc) is 2.92. The van der Waals surface area contributed by atoms with Crippen LogP contribution in [0, 0.1) is 0 Å². The second-order valence-corrected chi connectivity index (χ2v) is 6.59. The Hall–Kier alpha value is -1.96. The molecule has 2 unspecified atom stereocenters. The van der Waals surface area contributed by atoms with Crippen molar-refractivity contribution in [3.05, 3.63) is 18.2 Å². The van der Waals surface area contributed by atoms with Gasteiger partial charge in [-0.25, -0.2) is 4.68 Å². The monoisotopic (exact) mass is 309 g/mol. The van der Waals surface area contributed by atoms with E-state index >= 15 is 0 Å². The molecule has 0 fully saturated rings. The van der Waals surface area contributed by atoms with Gasteiger partial charge in [-0.15, -0.1) is 5.10 Å². The maximum absolute atomic E-state index is 11.4. The summed E-state index contributed by atoms with van der Waals surface area (Å²) in [6.45, 7) is 2.53. The van der Waals surface area contributed by atoms with E-state index in [-0.39, 0.29) is 5.25 Å².